The minimum absolute atomic E-state index is 0.0206. The van der Waals surface area contributed by atoms with Crippen molar-refractivity contribution < 1.29 is 9.21 Å². The van der Waals surface area contributed by atoms with E-state index in [1.54, 1.807) is 12.3 Å². The van der Waals surface area contributed by atoms with Gasteiger partial charge < -0.3 is 15.5 Å². The third kappa shape index (κ3) is 2.92. The minimum atomic E-state index is -0.0844. The highest BCUT2D eigenvalue weighted by atomic mass is 32.1. The monoisotopic (exact) mass is 264 g/mol. The molecular weight excluding hydrogens is 248 g/mol. The minimum Gasteiger partial charge on any atom is -0.469 e. The van der Waals surface area contributed by atoms with Crippen molar-refractivity contribution in [3.63, 3.8) is 0 Å². The van der Waals surface area contributed by atoms with Crippen molar-refractivity contribution in [1.29, 1.82) is 0 Å². The molecule has 4 nitrogen and oxygen atoms in total. The number of aryl methyl sites for hydroxylation is 1. The zero-order chi connectivity index (χ0) is 13.1. The second kappa shape index (κ2) is 5.27. The van der Waals surface area contributed by atoms with Gasteiger partial charge >= 0.3 is 0 Å². The van der Waals surface area contributed by atoms with Gasteiger partial charge in [0.25, 0.3) is 5.91 Å². The van der Waals surface area contributed by atoms with Crippen LogP contribution < -0.4 is 11.1 Å². The molecule has 0 spiro atoms. The predicted octanol–water partition coefficient (Wildman–Crippen LogP) is 2.59. The highest BCUT2D eigenvalue weighted by Crippen LogP contribution is 2.23. The maximum atomic E-state index is 12.0. The topological polar surface area (TPSA) is 68.3 Å². The van der Waals surface area contributed by atoms with Crippen molar-refractivity contribution in [2.75, 3.05) is 5.73 Å². The fourth-order valence-corrected chi connectivity index (χ4v) is 2.53. The van der Waals surface area contributed by atoms with E-state index in [9.17, 15) is 4.79 Å². The summed E-state index contributed by atoms with van der Waals surface area (Å²) < 4.78 is 5.25. The Balaban J connectivity index is 1.94. The molecule has 2 aromatic rings. The number of thiophene rings is 1. The van der Waals surface area contributed by atoms with E-state index in [2.05, 4.69) is 5.32 Å². The summed E-state index contributed by atoms with van der Waals surface area (Å²) in [5.74, 6) is 0.781. The van der Waals surface area contributed by atoms with E-state index in [4.69, 9.17) is 10.2 Å². The van der Waals surface area contributed by atoms with Gasteiger partial charge in [-0.1, -0.05) is 0 Å². The van der Waals surface area contributed by atoms with Crippen LogP contribution in [0.1, 0.15) is 27.2 Å². The van der Waals surface area contributed by atoms with Gasteiger partial charge in [0, 0.05) is 23.0 Å². The first-order valence-corrected chi connectivity index (χ1v) is 6.57. The van der Waals surface area contributed by atoms with Crippen LogP contribution in [0.25, 0.3) is 0 Å². The van der Waals surface area contributed by atoms with E-state index in [-0.39, 0.29) is 11.9 Å². The molecule has 96 valence electrons. The Morgan fingerprint density at radius 3 is 2.94 bits per heavy atom. The highest BCUT2D eigenvalue weighted by molar-refractivity contribution is 7.14. The summed E-state index contributed by atoms with van der Waals surface area (Å²) in [5, 5.41) is 2.93. The van der Waals surface area contributed by atoms with Crippen molar-refractivity contribution >= 4 is 22.9 Å². The van der Waals surface area contributed by atoms with Crippen molar-refractivity contribution in [2.45, 2.75) is 26.3 Å². The number of carbonyl (C=O) groups excluding carboxylic acids is 1. The van der Waals surface area contributed by atoms with E-state index < -0.39 is 0 Å². The summed E-state index contributed by atoms with van der Waals surface area (Å²) >= 11 is 1.41. The first-order chi connectivity index (χ1) is 8.56. The van der Waals surface area contributed by atoms with Crippen LogP contribution in [0.15, 0.2) is 28.9 Å². The van der Waals surface area contributed by atoms with E-state index in [1.165, 1.54) is 11.3 Å². The quantitative estimate of drug-likeness (QED) is 0.891. The van der Waals surface area contributed by atoms with Gasteiger partial charge in [0.1, 0.15) is 5.76 Å². The third-order valence-corrected chi connectivity index (χ3v) is 3.71. The molecule has 1 amide bonds. The Hall–Kier alpha value is -1.75. The maximum Gasteiger partial charge on any atom is 0.261 e. The Morgan fingerprint density at radius 1 is 1.61 bits per heavy atom. The van der Waals surface area contributed by atoms with E-state index in [0.717, 1.165) is 10.6 Å². The summed E-state index contributed by atoms with van der Waals surface area (Å²) in [6.07, 6.45) is 2.31. The summed E-state index contributed by atoms with van der Waals surface area (Å²) in [5.41, 5.74) is 6.40. The fraction of sp³-hybridized carbons (Fsp3) is 0.308. The largest absolute Gasteiger partial charge is 0.469 e. The molecule has 1 unspecified atom stereocenters. The standard InChI is InChI=1S/C13H16N2O2S/c1-8(6-10-4-3-5-17-10)15-13(16)12-7-11(14)9(2)18-12/h3-5,7-8H,6,14H2,1-2H3,(H,15,16). The van der Waals surface area contributed by atoms with Gasteiger partial charge in [0.05, 0.1) is 11.1 Å². The van der Waals surface area contributed by atoms with Gasteiger partial charge in [-0.25, -0.2) is 0 Å². The summed E-state index contributed by atoms with van der Waals surface area (Å²) in [6.45, 7) is 3.85. The van der Waals surface area contributed by atoms with E-state index in [0.29, 0.717) is 17.0 Å². The Kier molecular flexibility index (Phi) is 3.72. The number of carbonyl (C=O) groups is 1. The molecule has 0 aromatic carbocycles. The molecule has 0 fully saturated rings. The van der Waals surface area contributed by atoms with Crippen LogP contribution in [0.4, 0.5) is 5.69 Å². The Labute approximate surface area is 110 Å². The molecular formula is C13H16N2O2S. The smallest absolute Gasteiger partial charge is 0.261 e. The average molecular weight is 264 g/mol. The van der Waals surface area contributed by atoms with Crippen LogP contribution >= 0.6 is 11.3 Å². The van der Waals surface area contributed by atoms with Crippen LogP contribution in [-0.2, 0) is 6.42 Å². The summed E-state index contributed by atoms with van der Waals surface area (Å²) in [4.78, 5) is 13.6. The molecule has 2 aromatic heterocycles. The molecule has 18 heavy (non-hydrogen) atoms. The number of furan rings is 1. The van der Waals surface area contributed by atoms with Crippen molar-refractivity contribution in [2.24, 2.45) is 0 Å². The van der Waals surface area contributed by atoms with Gasteiger partial charge in [-0.15, -0.1) is 11.3 Å². The molecule has 0 saturated heterocycles. The lowest BCUT2D eigenvalue weighted by Gasteiger charge is -2.11. The van der Waals surface area contributed by atoms with Crippen molar-refractivity contribution in [3.05, 3.63) is 40.0 Å². The third-order valence-electron chi connectivity index (χ3n) is 2.64. The van der Waals surface area contributed by atoms with Crippen molar-refractivity contribution in [1.82, 2.24) is 5.32 Å². The van der Waals surface area contributed by atoms with Crippen LogP contribution in [0.5, 0.6) is 0 Å². The molecule has 0 aliphatic rings. The summed E-state index contributed by atoms with van der Waals surface area (Å²) in [6, 6.07) is 5.48. The van der Waals surface area contributed by atoms with Crippen LogP contribution in [0.2, 0.25) is 0 Å². The highest BCUT2D eigenvalue weighted by Gasteiger charge is 2.14. The second-order valence-corrected chi connectivity index (χ2v) is 5.54. The fourth-order valence-electron chi connectivity index (χ4n) is 1.68. The second-order valence-electron chi connectivity index (χ2n) is 4.28. The number of rotatable bonds is 4. The summed E-state index contributed by atoms with van der Waals surface area (Å²) in [7, 11) is 0. The molecule has 0 aliphatic carbocycles. The van der Waals surface area contributed by atoms with Gasteiger partial charge in [0.15, 0.2) is 0 Å². The van der Waals surface area contributed by atoms with Crippen LogP contribution in [0.3, 0.4) is 0 Å². The zero-order valence-corrected chi connectivity index (χ0v) is 11.2. The van der Waals surface area contributed by atoms with Gasteiger partial charge in [-0.05, 0) is 32.0 Å². The number of nitrogen functional groups attached to an aromatic ring is 1. The van der Waals surface area contributed by atoms with E-state index >= 15 is 0 Å². The lowest BCUT2D eigenvalue weighted by molar-refractivity contribution is 0.0943. The first kappa shape index (κ1) is 12.7. The number of nitrogens with two attached hydrogens (primary N) is 1. The van der Waals surface area contributed by atoms with Gasteiger partial charge in [0.2, 0.25) is 0 Å². The Morgan fingerprint density at radius 2 is 2.39 bits per heavy atom. The predicted molar refractivity (Wildman–Crippen MR) is 72.8 cm³/mol. The molecule has 2 heterocycles. The molecule has 0 radical (unpaired) electrons. The SMILES string of the molecule is Cc1sc(C(=O)NC(C)Cc2ccco2)cc1N. The molecule has 0 bridgehead atoms. The number of nitrogens with one attached hydrogen (secondary N) is 1. The molecule has 5 heteroatoms. The van der Waals surface area contributed by atoms with Gasteiger partial charge in [-0.3, -0.25) is 4.79 Å². The first-order valence-electron chi connectivity index (χ1n) is 5.75. The lowest BCUT2D eigenvalue weighted by Crippen LogP contribution is -2.33. The molecule has 0 saturated carbocycles. The van der Waals surface area contributed by atoms with Crippen molar-refractivity contribution in [3.8, 4) is 0 Å². The van der Waals surface area contributed by atoms with Crippen LogP contribution in [-0.4, -0.2) is 11.9 Å². The number of hydrogen-bond acceptors (Lipinski definition) is 4. The number of anilines is 1. The molecule has 2 rings (SSSR count). The van der Waals surface area contributed by atoms with Gasteiger partial charge in [-0.2, -0.15) is 0 Å². The number of hydrogen-bond donors (Lipinski definition) is 2. The maximum absolute atomic E-state index is 12.0. The normalized spacial score (nSPS) is 12.3. The zero-order valence-electron chi connectivity index (χ0n) is 10.4. The average Bonchev–Trinajstić information content (AvgIpc) is 2.90. The molecule has 3 N–H and O–H groups in total. The number of amides is 1. The van der Waals surface area contributed by atoms with Crippen LogP contribution in [0, 0.1) is 6.92 Å². The van der Waals surface area contributed by atoms with E-state index in [1.807, 2.05) is 26.0 Å². The molecule has 1 atom stereocenters. The Bertz CT molecular complexity index is 512. The molecule has 0 aliphatic heterocycles. The lowest BCUT2D eigenvalue weighted by atomic mass is 10.2.